The Labute approximate surface area is 116 Å². The highest BCUT2D eigenvalue weighted by molar-refractivity contribution is 6.02. The van der Waals surface area contributed by atoms with Crippen LogP contribution in [0.25, 0.3) is 15.6 Å². The number of aliphatic hydroxyl groups excluding tert-OH is 1. The highest BCUT2D eigenvalue weighted by Crippen LogP contribution is 2.32. The standard InChI is InChI=1S/C15H14N2O3/c1-9(18)14(15(19)20)17-13-8-7-12(16-2)10-5-3-4-6-11(10)13/h3-9,14,17-18H,1H3,(H,19,20)/t9-,14+/m0/s1. The van der Waals surface area contributed by atoms with Gasteiger partial charge < -0.3 is 15.5 Å². The molecule has 0 heterocycles. The average molecular weight is 270 g/mol. The van der Waals surface area contributed by atoms with E-state index in [2.05, 4.69) is 10.2 Å². The fourth-order valence-corrected chi connectivity index (χ4v) is 2.06. The Morgan fingerprint density at radius 2 is 1.90 bits per heavy atom. The zero-order chi connectivity index (χ0) is 14.7. The molecule has 20 heavy (non-hydrogen) atoms. The molecule has 0 aliphatic heterocycles. The van der Waals surface area contributed by atoms with Crippen molar-refractivity contribution in [1.82, 2.24) is 0 Å². The fraction of sp³-hybridized carbons (Fsp3) is 0.200. The monoisotopic (exact) mass is 270 g/mol. The molecule has 0 aliphatic rings. The number of hydrogen-bond acceptors (Lipinski definition) is 3. The van der Waals surface area contributed by atoms with Crippen LogP contribution in [0.15, 0.2) is 36.4 Å². The van der Waals surface area contributed by atoms with Crippen molar-refractivity contribution < 1.29 is 15.0 Å². The maximum Gasteiger partial charge on any atom is 0.328 e. The van der Waals surface area contributed by atoms with Crippen molar-refractivity contribution in [1.29, 1.82) is 0 Å². The number of carbonyl (C=O) groups is 1. The second-order valence-corrected chi connectivity index (χ2v) is 4.49. The maximum atomic E-state index is 11.1. The Balaban J connectivity index is 2.51. The lowest BCUT2D eigenvalue weighted by Crippen LogP contribution is -2.38. The molecule has 0 radical (unpaired) electrons. The summed E-state index contributed by atoms with van der Waals surface area (Å²) >= 11 is 0. The lowest BCUT2D eigenvalue weighted by Gasteiger charge is -2.19. The Hall–Kier alpha value is -2.58. The van der Waals surface area contributed by atoms with Crippen molar-refractivity contribution in [3.8, 4) is 0 Å². The molecule has 0 unspecified atom stereocenters. The van der Waals surface area contributed by atoms with Gasteiger partial charge in [-0.05, 0) is 23.8 Å². The van der Waals surface area contributed by atoms with E-state index in [0.717, 1.165) is 10.8 Å². The number of hydrogen-bond donors (Lipinski definition) is 3. The molecule has 3 N–H and O–H groups in total. The molecule has 2 rings (SSSR count). The van der Waals surface area contributed by atoms with Gasteiger partial charge >= 0.3 is 5.97 Å². The molecular formula is C15H14N2O3. The van der Waals surface area contributed by atoms with E-state index in [1.807, 2.05) is 24.3 Å². The number of aliphatic hydroxyl groups is 1. The maximum absolute atomic E-state index is 11.1. The minimum atomic E-state index is -1.13. The van der Waals surface area contributed by atoms with Gasteiger partial charge in [-0.1, -0.05) is 30.3 Å². The summed E-state index contributed by atoms with van der Waals surface area (Å²) < 4.78 is 0. The quantitative estimate of drug-likeness (QED) is 0.747. The number of benzene rings is 2. The molecule has 2 atom stereocenters. The third-order valence-corrected chi connectivity index (χ3v) is 3.08. The van der Waals surface area contributed by atoms with Crippen LogP contribution in [0.4, 0.5) is 11.4 Å². The topological polar surface area (TPSA) is 73.9 Å². The predicted octanol–water partition coefficient (Wildman–Crippen LogP) is 2.64. The number of rotatable bonds is 4. The van der Waals surface area contributed by atoms with Crippen LogP contribution >= 0.6 is 0 Å². The summed E-state index contributed by atoms with van der Waals surface area (Å²) in [4.78, 5) is 14.6. The molecule has 5 heteroatoms. The summed E-state index contributed by atoms with van der Waals surface area (Å²) in [6.45, 7) is 8.56. The smallest absolute Gasteiger partial charge is 0.328 e. The summed E-state index contributed by atoms with van der Waals surface area (Å²) in [6.07, 6.45) is -1.04. The molecule has 2 aromatic rings. The third-order valence-electron chi connectivity index (χ3n) is 3.08. The van der Waals surface area contributed by atoms with Gasteiger partial charge in [0, 0.05) is 5.69 Å². The average Bonchev–Trinajstić information content (AvgIpc) is 2.43. The van der Waals surface area contributed by atoms with Crippen LogP contribution in [0, 0.1) is 6.57 Å². The van der Waals surface area contributed by atoms with Crippen LogP contribution in [0.1, 0.15) is 6.92 Å². The van der Waals surface area contributed by atoms with E-state index in [0.29, 0.717) is 11.4 Å². The van der Waals surface area contributed by atoms with Gasteiger partial charge in [-0.2, -0.15) is 0 Å². The van der Waals surface area contributed by atoms with Crippen LogP contribution < -0.4 is 5.32 Å². The minimum absolute atomic E-state index is 0.509. The Bertz CT molecular complexity index is 689. The summed E-state index contributed by atoms with van der Waals surface area (Å²) in [5.41, 5.74) is 1.09. The van der Waals surface area contributed by atoms with Gasteiger partial charge in [-0.25, -0.2) is 9.64 Å². The molecule has 5 nitrogen and oxygen atoms in total. The SMILES string of the molecule is [C-]#[N+]c1ccc(N[C@@H](C(=O)O)[C@H](C)O)c2ccccc12. The molecule has 0 saturated heterocycles. The second kappa shape index (κ2) is 5.59. The molecule has 0 aliphatic carbocycles. The molecular weight excluding hydrogens is 256 g/mol. The molecule has 102 valence electrons. The Morgan fingerprint density at radius 1 is 1.25 bits per heavy atom. The first kappa shape index (κ1) is 13.8. The van der Waals surface area contributed by atoms with Gasteiger partial charge in [0.2, 0.25) is 0 Å². The summed E-state index contributed by atoms with van der Waals surface area (Å²) in [5, 5.41) is 23.0. The number of fused-ring (bicyclic) bond motifs is 1. The van der Waals surface area contributed by atoms with Gasteiger partial charge in [0.25, 0.3) is 0 Å². The second-order valence-electron chi connectivity index (χ2n) is 4.49. The number of nitrogens with zero attached hydrogens (tertiary/aromatic N) is 1. The lowest BCUT2D eigenvalue weighted by molar-refractivity contribution is -0.140. The van der Waals surface area contributed by atoms with E-state index in [1.165, 1.54) is 6.92 Å². The van der Waals surface area contributed by atoms with E-state index < -0.39 is 18.1 Å². The van der Waals surface area contributed by atoms with Crippen molar-refractivity contribution >= 4 is 28.1 Å². The molecule has 0 bridgehead atoms. The highest BCUT2D eigenvalue weighted by Gasteiger charge is 2.23. The Morgan fingerprint density at radius 3 is 2.45 bits per heavy atom. The molecule has 0 saturated carbocycles. The number of carboxylic acids is 1. The summed E-state index contributed by atoms with van der Waals surface area (Å²) in [6, 6.07) is 9.47. The zero-order valence-electron chi connectivity index (χ0n) is 10.9. The van der Waals surface area contributed by atoms with Crippen LogP contribution in [-0.2, 0) is 4.79 Å². The first-order chi connectivity index (χ1) is 9.54. The molecule has 0 fully saturated rings. The number of carboxylic acid groups (broad SMARTS) is 1. The van der Waals surface area contributed by atoms with E-state index in [-0.39, 0.29) is 0 Å². The van der Waals surface area contributed by atoms with Crippen molar-refractivity contribution in [2.24, 2.45) is 0 Å². The van der Waals surface area contributed by atoms with Crippen LogP contribution in [0.5, 0.6) is 0 Å². The van der Waals surface area contributed by atoms with E-state index in [9.17, 15) is 9.90 Å². The van der Waals surface area contributed by atoms with Gasteiger partial charge in [-0.3, -0.25) is 0 Å². The molecule has 2 aromatic carbocycles. The third kappa shape index (κ3) is 2.56. The number of aliphatic carboxylic acids is 1. The number of nitrogens with one attached hydrogen (secondary N) is 1. The van der Waals surface area contributed by atoms with Crippen molar-refractivity contribution in [3.63, 3.8) is 0 Å². The van der Waals surface area contributed by atoms with E-state index in [1.54, 1.807) is 12.1 Å². The predicted molar refractivity (Wildman–Crippen MR) is 76.9 cm³/mol. The highest BCUT2D eigenvalue weighted by atomic mass is 16.4. The van der Waals surface area contributed by atoms with E-state index >= 15 is 0 Å². The van der Waals surface area contributed by atoms with Crippen molar-refractivity contribution in [3.05, 3.63) is 47.8 Å². The summed E-state index contributed by atoms with van der Waals surface area (Å²) in [7, 11) is 0. The fourth-order valence-electron chi connectivity index (χ4n) is 2.06. The molecule has 0 amide bonds. The van der Waals surface area contributed by atoms with Gasteiger partial charge in [-0.15, -0.1) is 0 Å². The number of anilines is 1. The zero-order valence-corrected chi connectivity index (χ0v) is 10.9. The Kier molecular flexibility index (Phi) is 3.87. The van der Waals surface area contributed by atoms with Gasteiger partial charge in [0.1, 0.15) is 0 Å². The van der Waals surface area contributed by atoms with Crippen LogP contribution in [0.2, 0.25) is 0 Å². The molecule has 0 spiro atoms. The lowest BCUT2D eigenvalue weighted by atomic mass is 10.1. The molecule has 0 aromatic heterocycles. The first-order valence-electron chi connectivity index (χ1n) is 6.11. The van der Waals surface area contributed by atoms with Gasteiger partial charge in [0.15, 0.2) is 11.7 Å². The van der Waals surface area contributed by atoms with Gasteiger partial charge in [0.05, 0.1) is 12.7 Å². The van der Waals surface area contributed by atoms with Crippen LogP contribution in [0.3, 0.4) is 0 Å². The minimum Gasteiger partial charge on any atom is -0.480 e. The largest absolute Gasteiger partial charge is 0.480 e. The van der Waals surface area contributed by atoms with Crippen molar-refractivity contribution in [2.75, 3.05) is 5.32 Å². The summed E-state index contributed by atoms with van der Waals surface area (Å²) in [5.74, 6) is -1.13. The first-order valence-corrected chi connectivity index (χ1v) is 6.11. The van der Waals surface area contributed by atoms with Crippen LogP contribution in [-0.4, -0.2) is 28.3 Å². The van der Waals surface area contributed by atoms with E-state index in [4.69, 9.17) is 11.7 Å². The van der Waals surface area contributed by atoms with Crippen molar-refractivity contribution in [2.45, 2.75) is 19.1 Å². The normalized spacial score (nSPS) is 13.4.